The van der Waals surface area contributed by atoms with Crippen molar-refractivity contribution in [2.75, 3.05) is 0 Å². The molecule has 7 nitrogen and oxygen atoms in total. The van der Waals surface area contributed by atoms with Gasteiger partial charge < -0.3 is 9.30 Å². The molecule has 0 radical (unpaired) electrons. The van der Waals surface area contributed by atoms with Gasteiger partial charge in [-0.15, -0.1) is 0 Å². The van der Waals surface area contributed by atoms with Gasteiger partial charge in [0.25, 0.3) is 5.56 Å². The van der Waals surface area contributed by atoms with Crippen LogP contribution in [0.3, 0.4) is 0 Å². The van der Waals surface area contributed by atoms with Crippen LogP contribution in [-0.4, -0.2) is 32.5 Å². The summed E-state index contributed by atoms with van der Waals surface area (Å²) in [7, 11) is 0. The van der Waals surface area contributed by atoms with Crippen molar-refractivity contribution in [2.45, 2.75) is 71.4 Å². The maximum absolute atomic E-state index is 13.6. The lowest BCUT2D eigenvalue weighted by Gasteiger charge is -2.22. The van der Waals surface area contributed by atoms with Crippen LogP contribution < -0.4 is 5.56 Å². The van der Waals surface area contributed by atoms with E-state index in [1.807, 2.05) is 67.8 Å². The fourth-order valence-corrected chi connectivity index (χ4v) is 5.25. The van der Waals surface area contributed by atoms with Crippen molar-refractivity contribution in [1.82, 2.24) is 14.2 Å². The number of ether oxygens (including phenoxy) is 1. The van der Waals surface area contributed by atoms with Gasteiger partial charge in [-0.2, -0.15) is 9.78 Å². The Morgan fingerprint density at radius 1 is 1.08 bits per heavy atom. The smallest absolute Gasteiger partial charge is 0.326 e. The highest BCUT2D eigenvalue weighted by molar-refractivity contribution is 6.01. The highest BCUT2D eigenvalue weighted by atomic mass is 16.5. The standard InChI is InChI=1S/C29H32N4O3/c1-19(2)36-27(34)18-32-20(3)24(22-13-8-10-16-26(22)32)17-30-33-28(21-11-5-4-6-12-21)31-25-15-9-7-14-23(25)29(33)35/h7-10,13-17,19,21H,4-6,11-12,18H2,1-3H3. The molecule has 1 aliphatic carbocycles. The Labute approximate surface area is 210 Å². The van der Waals surface area contributed by atoms with Crippen molar-refractivity contribution < 1.29 is 9.53 Å². The number of aromatic nitrogens is 3. The molecule has 0 spiro atoms. The Bertz CT molecular complexity index is 1510. The molecule has 4 aromatic rings. The summed E-state index contributed by atoms with van der Waals surface area (Å²) in [5.41, 5.74) is 3.25. The summed E-state index contributed by atoms with van der Waals surface area (Å²) in [5, 5.41) is 6.27. The highest BCUT2D eigenvalue weighted by Crippen LogP contribution is 2.32. The number of carbonyl (C=O) groups is 1. The van der Waals surface area contributed by atoms with E-state index in [4.69, 9.17) is 14.8 Å². The quantitative estimate of drug-likeness (QED) is 0.266. The summed E-state index contributed by atoms with van der Waals surface area (Å²) in [6, 6.07) is 15.4. The predicted molar refractivity (Wildman–Crippen MR) is 143 cm³/mol. The monoisotopic (exact) mass is 484 g/mol. The zero-order valence-corrected chi connectivity index (χ0v) is 21.1. The second-order valence-electron chi connectivity index (χ2n) is 9.82. The maximum Gasteiger partial charge on any atom is 0.326 e. The number of carbonyl (C=O) groups excluding carboxylic acids is 1. The minimum Gasteiger partial charge on any atom is -0.462 e. The average Bonchev–Trinajstić information content (AvgIpc) is 3.14. The minimum absolute atomic E-state index is 0.114. The molecule has 0 saturated heterocycles. The van der Waals surface area contributed by atoms with Gasteiger partial charge in [0.15, 0.2) is 0 Å². The number of esters is 1. The Kier molecular flexibility index (Phi) is 6.72. The number of nitrogens with zero attached hydrogens (tertiary/aromatic N) is 4. The fraction of sp³-hybridized carbons (Fsp3) is 0.379. The first-order valence-corrected chi connectivity index (χ1v) is 12.8. The molecular weight excluding hydrogens is 452 g/mol. The van der Waals surface area contributed by atoms with Crippen molar-refractivity contribution in [3.63, 3.8) is 0 Å². The van der Waals surface area contributed by atoms with E-state index in [1.54, 1.807) is 12.3 Å². The molecule has 0 N–H and O–H groups in total. The number of hydrogen-bond acceptors (Lipinski definition) is 5. The Morgan fingerprint density at radius 3 is 2.53 bits per heavy atom. The Morgan fingerprint density at radius 2 is 1.78 bits per heavy atom. The fourth-order valence-electron chi connectivity index (χ4n) is 5.25. The second-order valence-corrected chi connectivity index (χ2v) is 9.82. The number of hydrogen-bond donors (Lipinski definition) is 0. The van der Waals surface area contributed by atoms with E-state index in [2.05, 4.69) is 0 Å². The molecule has 36 heavy (non-hydrogen) atoms. The molecule has 2 heterocycles. The van der Waals surface area contributed by atoms with Crippen LogP contribution in [0.25, 0.3) is 21.8 Å². The summed E-state index contributed by atoms with van der Waals surface area (Å²) < 4.78 is 8.84. The molecular formula is C29H32N4O3. The maximum atomic E-state index is 13.6. The van der Waals surface area contributed by atoms with E-state index in [-0.39, 0.29) is 30.1 Å². The lowest BCUT2D eigenvalue weighted by molar-refractivity contribution is -0.148. The van der Waals surface area contributed by atoms with Crippen LogP contribution in [0.1, 0.15) is 69.0 Å². The van der Waals surface area contributed by atoms with Gasteiger partial charge in [-0.25, -0.2) is 4.98 Å². The van der Waals surface area contributed by atoms with Gasteiger partial charge in [0.05, 0.1) is 23.2 Å². The normalized spacial score (nSPS) is 14.9. The molecule has 2 aromatic carbocycles. The average molecular weight is 485 g/mol. The van der Waals surface area contributed by atoms with E-state index >= 15 is 0 Å². The van der Waals surface area contributed by atoms with Gasteiger partial charge in [0, 0.05) is 28.1 Å². The second kappa shape index (κ2) is 10.1. The molecule has 1 saturated carbocycles. The highest BCUT2D eigenvalue weighted by Gasteiger charge is 2.23. The van der Waals surface area contributed by atoms with Crippen molar-refractivity contribution in [1.29, 1.82) is 0 Å². The lowest BCUT2D eigenvalue weighted by Crippen LogP contribution is -2.25. The Balaban J connectivity index is 1.62. The van der Waals surface area contributed by atoms with Crippen LogP contribution in [0.2, 0.25) is 0 Å². The summed E-state index contributed by atoms with van der Waals surface area (Å²) in [6.45, 7) is 5.77. The van der Waals surface area contributed by atoms with Crippen molar-refractivity contribution >= 4 is 34.0 Å². The van der Waals surface area contributed by atoms with Crippen LogP contribution in [0.4, 0.5) is 0 Å². The number of fused-ring (bicyclic) bond motifs is 2. The molecule has 0 unspecified atom stereocenters. The molecule has 0 bridgehead atoms. The SMILES string of the molecule is Cc1c(C=Nn2c(C3CCCCC3)nc3ccccc3c2=O)c2ccccc2n1CC(=O)OC(C)C. The van der Waals surface area contributed by atoms with E-state index in [0.29, 0.717) is 10.9 Å². The van der Waals surface area contributed by atoms with Gasteiger partial charge in [0.2, 0.25) is 0 Å². The van der Waals surface area contributed by atoms with Gasteiger partial charge >= 0.3 is 5.97 Å². The van der Waals surface area contributed by atoms with Gasteiger partial charge in [-0.3, -0.25) is 9.59 Å². The molecule has 0 amide bonds. The molecule has 1 aliphatic rings. The number of rotatable bonds is 6. The lowest BCUT2D eigenvalue weighted by atomic mass is 9.88. The van der Waals surface area contributed by atoms with E-state index < -0.39 is 0 Å². The van der Waals surface area contributed by atoms with E-state index in [1.165, 1.54) is 11.1 Å². The number of para-hydroxylation sites is 2. The van der Waals surface area contributed by atoms with Gasteiger partial charge in [0.1, 0.15) is 12.4 Å². The van der Waals surface area contributed by atoms with Crippen molar-refractivity contribution in [3.05, 3.63) is 76.0 Å². The Hall–Kier alpha value is -3.74. The van der Waals surface area contributed by atoms with Crippen LogP contribution in [0, 0.1) is 6.92 Å². The van der Waals surface area contributed by atoms with Gasteiger partial charge in [-0.1, -0.05) is 49.6 Å². The first-order chi connectivity index (χ1) is 17.4. The van der Waals surface area contributed by atoms with Crippen molar-refractivity contribution in [3.8, 4) is 0 Å². The predicted octanol–water partition coefficient (Wildman–Crippen LogP) is 5.54. The third-order valence-corrected chi connectivity index (χ3v) is 6.99. The molecule has 186 valence electrons. The summed E-state index contributed by atoms with van der Waals surface area (Å²) in [6.07, 6.45) is 7.08. The van der Waals surface area contributed by atoms with E-state index in [0.717, 1.165) is 53.7 Å². The summed E-state index contributed by atoms with van der Waals surface area (Å²) in [4.78, 5) is 30.9. The van der Waals surface area contributed by atoms with Crippen LogP contribution >= 0.6 is 0 Å². The minimum atomic E-state index is -0.285. The third-order valence-electron chi connectivity index (χ3n) is 6.99. The first kappa shape index (κ1) is 24.0. The molecule has 0 atom stereocenters. The summed E-state index contributed by atoms with van der Waals surface area (Å²) >= 11 is 0. The van der Waals surface area contributed by atoms with Crippen LogP contribution in [0.15, 0.2) is 58.4 Å². The zero-order chi connectivity index (χ0) is 25.2. The van der Waals surface area contributed by atoms with Crippen molar-refractivity contribution in [2.24, 2.45) is 5.10 Å². The molecule has 2 aromatic heterocycles. The number of benzene rings is 2. The molecule has 5 rings (SSSR count). The third kappa shape index (κ3) is 4.57. The van der Waals surface area contributed by atoms with Gasteiger partial charge in [-0.05, 0) is 51.8 Å². The molecule has 1 fully saturated rings. The van der Waals surface area contributed by atoms with Crippen LogP contribution in [0.5, 0.6) is 0 Å². The zero-order valence-electron chi connectivity index (χ0n) is 21.1. The van der Waals surface area contributed by atoms with E-state index in [9.17, 15) is 9.59 Å². The topological polar surface area (TPSA) is 78.5 Å². The first-order valence-electron chi connectivity index (χ1n) is 12.8. The largest absolute Gasteiger partial charge is 0.462 e. The summed E-state index contributed by atoms with van der Waals surface area (Å²) in [5.74, 6) is 0.657. The molecule has 7 heteroatoms. The molecule has 0 aliphatic heterocycles. The van der Waals surface area contributed by atoms with Crippen LogP contribution in [-0.2, 0) is 16.1 Å².